The highest BCUT2D eigenvalue weighted by Crippen LogP contribution is 2.16. The Kier molecular flexibility index (Phi) is 7.24. The van der Waals surface area contributed by atoms with Gasteiger partial charge in [0.1, 0.15) is 0 Å². The molecule has 0 atom stereocenters. The van der Waals surface area contributed by atoms with Gasteiger partial charge in [-0.15, -0.1) is 0 Å². The van der Waals surface area contributed by atoms with Crippen molar-refractivity contribution < 1.29 is 4.79 Å². The summed E-state index contributed by atoms with van der Waals surface area (Å²) >= 11 is 3.41. The van der Waals surface area contributed by atoms with Gasteiger partial charge in [-0.05, 0) is 26.7 Å². The molecule has 0 saturated heterocycles. The van der Waals surface area contributed by atoms with E-state index < -0.39 is 0 Å². The smallest absolute Gasteiger partial charge is 0.223 e. The molecule has 0 saturated carbocycles. The number of rotatable bonds is 7. The van der Waals surface area contributed by atoms with E-state index in [0.29, 0.717) is 0 Å². The van der Waals surface area contributed by atoms with E-state index in [1.165, 1.54) is 0 Å². The first-order valence-electron chi connectivity index (χ1n) is 5.84. The second kappa shape index (κ2) is 7.26. The molecule has 0 heterocycles. The van der Waals surface area contributed by atoms with Gasteiger partial charge in [-0.2, -0.15) is 0 Å². The molecular formula is C12H24BrNO. The van der Waals surface area contributed by atoms with Gasteiger partial charge >= 0.3 is 0 Å². The molecule has 3 heteroatoms. The lowest BCUT2D eigenvalue weighted by atomic mass is 9.96. The number of nitrogens with one attached hydrogen (secondary N) is 1. The van der Waals surface area contributed by atoms with Crippen LogP contribution in [-0.4, -0.2) is 16.8 Å². The lowest BCUT2D eigenvalue weighted by Crippen LogP contribution is -2.47. The summed E-state index contributed by atoms with van der Waals surface area (Å²) in [5, 5.41) is 3.88. The van der Waals surface area contributed by atoms with Crippen molar-refractivity contribution in [3.8, 4) is 0 Å². The van der Waals surface area contributed by atoms with Crippen molar-refractivity contribution >= 4 is 21.8 Å². The molecule has 90 valence electrons. The highest BCUT2D eigenvalue weighted by molar-refractivity contribution is 9.09. The van der Waals surface area contributed by atoms with Gasteiger partial charge in [0.25, 0.3) is 0 Å². The molecule has 0 aromatic heterocycles. The maximum atomic E-state index is 12.0. The number of hydrogen-bond donors (Lipinski definition) is 1. The molecule has 0 bridgehead atoms. The first kappa shape index (κ1) is 14.9. The first-order chi connectivity index (χ1) is 6.96. The quantitative estimate of drug-likeness (QED) is 0.710. The Morgan fingerprint density at radius 3 is 2.07 bits per heavy atom. The van der Waals surface area contributed by atoms with Crippen LogP contribution in [0.2, 0.25) is 0 Å². The van der Waals surface area contributed by atoms with Crippen LogP contribution >= 0.6 is 15.9 Å². The predicted molar refractivity (Wildman–Crippen MR) is 69.3 cm³/mol. The van der Waals surface area contributed by atoms with E-state index in [2.05, 4.69) is 35.1 Å². The fourth-order valence-corrected chi connectivity index (χ4v) is 1.71. The van der Waals surface area contributed by atoms with E-state index >= 15 is 0 Å². The Hall–Kier alpha value is -0.0500. The first-order valence-corrected chi connectivity index (χ1v) is 6.97. The van der Waals surface area contributed by atoms with E-state index in [4.69, 9.17) is 0 Å². The molecule has 0 spiro atoms. The van der Waals surface area contributed by atoms with Gasteiger partial charge in [-0.25, -0.2) is 0 Å². The minimum absolute atomic E-state index is 0.142. The van der Waals surface area contributed by atoms with Gasteiger partial charge in [-0.3, -0.25) is 4.79 Å². The third-order valence-electron chi connectivity index (χ3n) is 2.44. The molecule has 15 heavy (non-hydrogen) atoms. The molecule has 1 amide bonds. The molecule has 0 aromatic rings. The van der Waals surface area contributed by atoms with Crippen LogP contribution in [0, 0.1) is 5.92 Å². The van der Waals surface area contributed by atoms with Crippen molar-refractivity contribution in [1.82, 2.24) is 5.32 Å². The summed E-state index contributed by atoms with van der Waals surface area (Å²) in [6.07, 6.45) is 4.15. The van der Waals surface area contributed by atoms with Crippen molar-refractivity contribution in [2.75, 3.05) is 5.33 Å². The van der Waals surface area contributed by atoms with Crippen molar-refractivity contribution in [2.24, 2.45) is 5.92 Å². The topological polar surface area (TPSA) is 29.1 Å². The van der Waals surface area contributed by atoms with Crippen molar-refractivity contribution in [3.63, 3.8) is 0 Å². The predicted octanol–water partition coefficient (Wildman–Crippen LogP) is 3.49. The number of hydrogen-bond acceptors (Lipinski definition) is 1. The summed E-state index contributed by atoms with van der Waals surface area (Å²) in [7, 11) is 0. The average molecular weight is 278 g/mol. The van der Waals surface area contributed by atoms with Gasteiger partial charge in [0, 0.05) is 16.8 Å². The molecular weight excluding hydrogens is 254 g/mol. The van der Waals surface area contributed by atoms with Gasteiger partial charge in [0.05, 0.1) is 0 Å². The van der Waals surface area contributed by atoms with Crippen LogP contribution < -0.4 is 5.32 Å². The molecule has 0 fully saturated rings. The van der Waals surface area contributed by atoms with Crippen LogP contribution in [0.3, 0.4) is 0 Å². The zero-order valence-electron chi connectivity index (χ0n) is 10.4. The Labute approximate surface area is 102 Å². The van der Waals surface area contributed by atoms with Crippen LogP contribution in [0.1, 0.15) is 53.4 Å². The second-order valence-electron chi connectivity index (χ2n) is 4.78. The lowest BCUT2D eigenvalue weighted by molar-refractivity contribution is -0.126. The van der Waals surface area contributed by atoms with Crippen LogP contribution in [-0.2, 0) is 4.79 Å². The molecule has 0 aliphatic rings. The highest BCUT2D eigenvalue weighted by Gasteiger charge is 2.23. The van der Waals surface area contributed by atoms with Crippen LogP contribution in [0.4, 0.5) is 0 Å². The third-order valence-corrected chi connectivity index (χ3v) is 3.84. The van der Waals surface area contributed by atoms with Crippen LogP contribution in [0.15, 0.2) is 0 Å². The minimum atomic E-state index is -0.142. The Morgan fingerprint density at radius 1 is 1.27 bits per heavy atom. The van der Waals surface area contributed by atoms with Crippen molar-refractivity contribution in [3.05, 3.63) is 0 Å². The normalized spacial score (nSPS) is 11.9. The maximum absolute atomic E-state index is 12.0. The lowest BCUT2D eigenvalue weighted by Gasteiger charge is -2.26. The Bertz CT molecular complexity index is 186. The van der Waals surface area contributed by atoms with Crippen molar-refractivity contribution in [2.45, 2.75) is 58.9 Å². The van der Waals surface area contributed by atoms with Crippen LogP contribution in [0.5, 0.6) is 0 Å². The molecule has 2 nitrogen and oxygen atoms in total. The molecule has 0 rings (SSSR count). The number of carbonyl (C=O) groups is 1. The van der Waals surface area contributed by atoms with Gasteiger partial charge in [-0.1, -0.05) is 42.6 Å². The largest absolute Gasteiger partial charge is 0.350 e. The van der Waals surface area contributed by atoms with Crippen molar-refractivity contribution in [1.29, 1.82) is 0 Å². The Balaban J connectivity index is 4.24. The SMILES string of the molecule is CCCC(CCC)C(=O)NC(C)(C)CBr. The summed E-state index contributed by atoms with van der Waals surface area (Å²) in [4.78, 5) is 12.0. The summed E-state index contributed by atoms with van der Waals surface area (Å²) in [5.74, 6) is 0.404. The Morgan fingerprint density at radius 2 is 1.73 bits per heavy atom. The van der Waals surface area contributed by atoms with Crippen LogP contribution in [0.25, 0.3) is 0 Å². The number of halogens is 1. The van der Waals surface area contributed by atoms with E-state index in [-0.39, 0.29) is 17.4 Å². The average Bonchev–Trinajstić information content (AvgIpc) is 2.17. The van der Waals surface area contributed by atoms with E-state index in [1.54, 1.807) is 0 Å². The zero-order chi connectivity index (χ0) is 11.9. The summed E-state index contributed by atoms with van der Waals surface area (Å²) < 4.78 is 0. The summed E-state index contributed by atoms with van der Waals surface area (Å²) in [6.45, 7) is 8.33. The van der Waals surface area contributed by atoms with E-state index in [1.807, 2.05) is 13.8 Å². The zero-order valence-corrected chi connectivity index (χ0v) is 12.0. The minimum Gasteiger partial charge on any atom is -0.350 e. The fraction of sp³-hybridized carbons (Fsp3) is 0.917. The van der Waals surface area contributed by atoms with Gasteiger partial charge in [0.2, 0.25) is 5.91 Å². The molecule has 1 N–H and O–H groups in total. The molecule has 0 radical (unpaired) electrons. The van der Waals surface area contributed by atoms with Gasteiger partial charge in [0.15, 0.2) is 0 Å². The third kappa shape index (κ3) is 6.18. The molecule has 0 aliphatic carbocycles. The maximum Gasteiger partial charge on any atom is 0.223 e. The fourth-order valence-electron chi connectivity index (χ4n) is 1.57. The number of amides is 1. The summed E-state index contributed by atoms with van der Waals surface area (Å²) in [6, 6.07) is 0. The van der Waals surface area contributed by atoms with Gasteiger partial charge < -0.3 is 5.32 Å². The molecule has 0 aromatic carbocycles. The number of alkyl halides is 1. The highest BCUT2D eigenvalue weighted by atomic mass is 79.9. The van der Waals surface area contributed by atoms with E-state index in [9.17, 15) is 4.79 Å². The number of carbonyl (C=O) groups excluding carboxylic acids is 1. The second-order valence-corrected chi connectivity index (χ2v) is 5.34. The molecule has 0 unspecified atom stereocenters. The molecule has 0 aliphatic heterocycles. The standard InChI is InChI=1S/C12H24BrNO/c1-5-7-10(8-6-2)11(15)14-12(3,4)9-13/h10H,5-9H2,1-4H3,(H,14,15). The van der Waals surface area contributed by atoms with E-state index in [0.717, 1.165) is 31.0 Å². The monoisotopic (exact) mass is 277 g/mol. The summed E-state index contributed by atoms with van der Waals surface area (Å²) in [5.41, 5.74) is -0.142.